The Labute approximate surface area is 221 Å². The maximum Gasteiger partial charge on any atom is 0.338 e. The van der Waals surface area contributed by atoms with Crippen molar-refractivity contribution >= 4 is 11.9 Å². The largest absolute Gasteiger partial charge is 0.461 e. The number of azide groups is 1. The first-order chi connectivity index (χ1) is 18.5. The molecule has 202 valence electrons. The van der Waals surface area contributed by atoms with Gasteiger partial charge >= 0.3 is 5.97 Å². The molecule has 0 spiro atoms. The molecule has 0 aromatic heterocycles. The molecule has 6 atom stereocenters. The molecule has 0 unspecified atom stereocenters. The third-order valence-electron chi connectivity index (χ3n) is 6.19. The number of carbonyl (C=O) groups excluding carboxylic acids is 2. The SMILES string of the molecule is CC(C)OC(=O)[C@H]1O[C@@H](CNC(=O)[C@H]2O[C@@H](CN=[N+]=[N-])[C@@H]2OCc2ccccc2)[C@@H]1OCc1ccccc1. The topological polar surface area (TPSA) is 141 Å². The minimum absolute atomic E-state index is 0.0561. The predicted molar refractivity (Wildman–Crippen MR) is 136 cm³/mol. The summed E-state index contributed by atoms with van der Waals surface area (Å²) < 4.78 is 28.7. The molecular weight excluding hydrogens is 492 g/mol. The standard InChI is InChI=1S/C27H32N4O7/c1-17(2)36-27(33)25-23(35-16-19-11-7-4-8-12-19)20(38-25)13-29-26(32)24-22(21(37-24)14-30-31-28)34-15-18-9-5-3-6-10-18/h3-12,17,20-25H,13-16H2,1-2H3,(H,29,32)/t20-,21-,22-,23-,24-,25-/m0/s1. The number of benzene rings is 2. The second-order valence-corrected chi connectivity index (χ2v) is 9.36. The van der Waals surface area contributed by atoms with Gasteiger partial charge in [-0.3, -0.25) is 4.79 Å². The van der Waals surface area contributed by atoms with Crippen LogP contribution in [0.2, 0.25) is 0 Å². The molecule has 0 saturated carbocycles. The molecule has 0 radical (unpaired) electrons. The van der Waals surface area contributed by atoms with Crippen LogP contribution in [-0.4, -0.2) is 67.7 Å². The molecule has 1 N–H and O–H groups in total. The van der Waals surface area contributed by atoms with Gasteiger partial charge in [-0.15, -0.1) is 0 Å². The highest BCUT2D eigenvalue weighted by atomic mass is 16.6. The van der Waals surface area contributed by atoms with Crippen molar-refractivity contribution in [3.05, 3.63) is 82.2 Å². The summed E-state index contributed by atoms with van der Waals surface area (Å²) in [4.78, 5) is 28.2. The fourth-order valence-electron chi connectivity index (χ4n) is 4.25. The summed E-state index contributed by atoms with van der Waals surface area (Å²) in [6.45, 7) is 4.26. The number of carbonyl (C=O) groups is 2. The van der Waals surface area contributed by atoms with Gasteiger partial charge in [-0.2, -0.15) is 0 Å². The third-order valence-corrected chi connectivity index (χ3v) is 6.19. The lowest BCUT2D eigenvalue weighted by atomic mass is 9.98. The number of nitrogens with one attached hydrogen (secondary N) is 1. The van der Waals surface area contributed by atoms with Gasteiger partial charge in [-0.1, -0.05) is 65.8 Å². The maximum atomic E-state index is 13.0. The molecule has 0 aliphatic carbocycles. The minimum Gasteiger partial charge on any atom is -0.461 e. The first-order valence-corrected chi connectivity index (χ1v) is 12.6. The van der Waals surface area contributed by atoms with Crippen molar-refractivity contribution in [3.63, 3.8) is 0 Å². The predicted octanol–water partition coefficient (Wildman–Crippen LogP) is 3.07. The highest BCUT2D eigenvalue weighted by molar-refractivity contribution is 5.82. The molecule has 2 aliphatic heterocycles. The van der Waals surface area contributed by atoms with Gasteiger partial charge in [0.1, 0.15) is 18.3 Å². The van der Waals surface area contributed by atoms with Gasteiger partial charge in [0.05, 0.1) is 32.0 Å². The number of amides is 1. The van der Waals surface area contributed by atoms with E-state index in [2.05, 4.69) is 15.3 Å². The fourth-order valence-corrected chi connectivity index (χ4v) is 4.25. The molecule has 4 rings (SSSR count). The van der Waals surface area contributed by atoms with Crippen LogP contribution in [0, 0.1) is 0 Å². The molecular formula is C27H32N4O7. The van der Waals surface area contributed by atoms with Gasteiger partial charge in [0.2, 0.25) is 0 Å². The summed E-state index contributed by atoms with van der Waals surface area (Å²) in [5.74, 6) is -0.892. The Kier molecular flexibility index (Phi) is 9.69. The molecule has 2 fully saturated rings. The molecule has 11 heteroatoms. The molecule has 2 aromatic rings. The van der Waals surface area contributed by atoms with Crippen molar-refractivity contribution in [2.45, 2.75) is 69.8 Å². The molecule has 1 amide bonds. The van der Waals surface area contributed by atoms with Crippen LogP contribution in [0.25, 0.3) is 10.4 Å². The van der Waals surface area contributed by atoms with Crippen molar-refractivity contribution < 1.29 is 33.3 Å². The van der Waals surface area contributed by atoms with Gasteiger partial charge in [0, 0.05) is 11.5 Å². The number of ether oxygens (including phenoxy) is 5. The smallest absolute Gasteiger partial charge is 0.338 e. The molecule has 2 aliphatic rings. The highest BCUT2D eigenvalue weighted by Gasteiger charge is 2.51. The highest BCUT2D eigenvalue weighted by Crippen LogP contribution is 2.29. The lowest BCUT2D eigenvalue weighted by Crippen LogP contribution is -2.66. The van der Waals surface area contributed by atoms with E-state index in [0.29, 0.717) is 0 Å². The average molecular weight is 525 g/mol. The second kappa shape index (κ2) is 13.4. The van der Waals surface area contributed by atoms with E-state index in [0.717, 1.165) is 11.1 Å². The monoisotopic (exact) mass is 524 g/mol. The van der Waals surface area contributed by atoms with Crippen molar-refractivity contribution in [1.29, 1.82) is 0 Å². The van der Waals surface area contributed by atoms with E-state index in [-0.39, 0.29) is 38.3 Å². The van der Waals surface area contributed by atoms with E-state index >= 15 is 0 Å². The number of hydrogen-bond acceptors (Lipinski definition) is 8. The van der Waals surface area contributed by atoms with E-state index in [4.69, 9.17) is 29.2 Å². The summed E-state index contributed by atoms with van der Waals surface area (Å²) in [6, 6.07) is 19.1. The Balaban J connectivity index is 1.33. The molecule has 2 aromatic carbocycles. The zero-order valence-corrected chi connectivity index (χ0v) is 21.3. The van der Waals surface area contributed by atoms with Gasteiger partial charge in [0.25, 0.3) is 5.91 Å². The summed E-state index contributed by atoms with van der Waals surface area (Å²) in [5, 5.41) is 6.37. The zero-order chi connectivity index (χ0) is 26.9. The molecule has 0 bridgehead atoms. The summed E-state index contributed by atoms with van der Waals surface area (Å²) in [7, 11) is 0. The first-order valence-electron chi connectivity index (χ1n) is 12.6. The second-order valence-electron chi connectivity index (χ2n) is 9.36. The first kappa shape index (κ1) is 27.6. The van der Waals surface area contributed by atoms with Crippen LogP contribution in [-0.2, 0) is 46.5 Å². The van der Waals surface area contributed by atoms with Gasteiger partial charge < -0.3 is 29.0 Å². The average Bonchev–Trinajstić information content (AvgIpc) is 2.88. The molecule has 2 heterocycles. The summed E-state index contributed by atoms with van der Waals surface area (Å²) in [6.07, 6.45) is -4.28. The Bertz CT molecular complexity index is 1110. The number of hydrogen-bond donors (Lipinski definition) is 1. The van der Waals surface area contributed by atoms with E-state index in [1.807, 2.05) is 60.7 Å². The van der Waals surface area contributed by atoms with Crippen LogP contribution >= 0.6 is 0 Å². The molecule has 38 heavy (non-hydrogen) atoms. The molecule has 2 saturated heterocycles. The maximum absolute atomic E-state index is 13.0. The minimum atomic E-state index is -0.877. The Hall–Kier alpha value is -3.47. The van der Waals surface area contributed by atoms with E-state index in [1.54, 1.807) is 13.8 Å². The van der Waals surface area contributed by atoms with Crippen LogP contribution in [0.3, 0.4) is 0 Å². The fraction of sp³-hybridized carbons (Fsp3) is 0.481. The van der Waals surface area contributed by atoms with E-state index in [9.17, 15) is 9.59 Å². The van der Waals surface area contributed by atoms with Gasteiger partial charge in [0.15, 0.2) is 12.2 Å². The zero-order valence-electron chi connectivity index (χ0n) is 21.3. The number of rotatable bonds is 13. The van der Waals surface area contributed by atoms with Crippen molar-refractivity contribution in [2.24, 2.45) is 5.11 Å². The normalized spacial score (nSPS) is 26.0. The Morgan fingerprint density at radius 2 is 1.47 bits per heavy atom. The van der Waals surface area contributed by atoms with Crippen LogP contribution in [0.5, 0.6) is 0 Å². The quantitative estimate of drug-likeness (QED) is 0.184. The van der Waals surface area contributed by atoms with E-state index in [1.165, 1.54) is 0 Å². The number of nitrogens with zero attached hydrogens (tertiary/aromatic N) is 3. The van der Waals surface area contributed by atoms with Crippen molar-refractivity contribution in [2.75, 3.05) is 13.1 Å². The van der Waals surface area contributed by atoms with Crippen LogP contribution < -0.4 is 5.32 Å². The summed E-state index contributed by atoms with van der Waals surface area (Å²) >= 11 is 0. The lowest BCUT2D eigenvalue weighted by Gasteiger charge is -2.44. The van der Waals surface area contributed by atoms with Gasteiger partial charge in [-0.25, -0.2) is 4.79 Å². The lowest BCUT2D eigenvalue weighted by molar-refractivity contribution is -0.252. The summed E-state index contributed by atoms with van der Waals surface area (Å²) in [5.41, 5.74) is 10.6. The third kappa shape index (κ3) is 7.09. The van der Waals surface area contributed by atoms with Crippen molar-refractivity contribution in [3.8, 4) is 0 Å². The Morgan fingerprint density at radius 3 is 2.03 bits per heavy atom. The Morgan fingerprint density at radius 1 is 0.921 bits per heavy atom. The van der Waals surface area contributed by atoms with Gasteiger partial charge in [-0.05, 0) is 30.5 Å². The van der Waals surface area contributed by atoms with Crippen LogP contribution in [0.4, 0.5) is 0 Å². The number of esters is 1. The van der Waals surface area contributed by atoms with Crippen molar-refractivity contribution in [1.82, 2.24) is 5.32 Å². The van der Waals surface area contributed by atoms with E-state index < -0.39 is 42.6 Å². The van der Waals surface area contributed by atoms with Crippen LogP contribution in [0.15, 0.2) is 65.8 Å². The van der Waals surface area contributed by atoms with Crippen LogP contribution in [0.1, 0.15) is 25.0 Å². The molecule has 11 nitrogen and oxygen atoms in total.